The van der Waals surface area contributed by atoms with Crippen molar-refractivity contribution in [2.75, 3.05) is 17.6 Å². The molecular weight excluding hydrogens is 204 g/mol. The van der Waals surface area contributed by atoms with E-state index in [9.17, 15) is 8.78 Å². The molecule has 0 aliphatic rings. The lowest BCUT2D eigenvalue weighted by atomic mass is 10.3. The molecule has 0 aliphatic carbocycles. The number of aromatic nitrogens is 1. The van der Waals surface area contributed by atoms with Crippen LogP contribution in [0.3, 0.4) is 0 Å². The fourth-order valence-corrected chi connectivity index (χ4v) is 0.999. The van der Waals surface area contributed by atoms with Gasteiger partial charge >= 0.3 is 0 Å². The molecule has 1 unspecified atom stereocenters. The van der Waals surface area contributed by atoms with Gasteiger partial charge in [0.05, 0.1) is 5.69 Å². The highest BCUT2D eigenvalue weighted by Crippen LogP contribution is 2.15. The van der Waals surface area contributed by atoms with Gasteiger partial charge in [-0.2, -0.15) is 0 Å². The van der Waals surface area contributed by atoms with Gasteiger partial charge in [0.1, 0.15) is 11.9 Å². The van der Waals surface area contributed by atoms with Crippen LogP contribution in [0, 0.1) is 6.92 Å². The fourth-order valence-electron chi connectivity index (χ4n) is 0.999. The lowest BCUT2D eigenvalue weighted by molar-refractivity contribution is 0.00381. The van der Waals surface area contributed by atoms with Crippen LogP contribution in [0.2, 0.25) is 0 Å². The van der Waals surface area contributed by atoms with Gasteiger partial charge in [-0.25, -0.2) is 13.8 Å². The molecule has 0 saturated carbocycles. The number of alkyl halides is 2. The summed E-state index contributed by atoms with van der Waals surface area (Å²) in [4.78, 5) is 4.01. The number of anilines is 2. The second kappa shape index (κ2) is 4.88. The summed E-state index contributed by atoms with van der Waals surface area (Å²) in [5, 5.41) is 11.4. The maximum Gasteiger partial charge on any atom is 0.265 e. The van der Waals surface area contributed by atoms with Crippen molar-refractivity contribution < 1.29 is 13.9 Å². The number of aryl methyl sites for hydroxylation is 1. The van der Waals surface area contributed by atoms with Crippen LogP contribution in [-0.4, -0.2) is 29.2 Å². The second-order valence-corrected chi connectivity index (χ2v) is 3.17. The minimum Gasteiger partial charge on any atom is -0.396 e. The van der Waals surface area contributed by atoms with Crippen molar-refractivity contribution in [1.29, 1.82) is 0 Å². The van der Waals surface area contributed by atoms with Gasteiger partial charge in [0.2, 0.25) is 0 Å². The Hall–Kier alpha value is -1.43. The molecule has 1 rings (SSSR count). The van der Waals surface area contributed by atoms with E-state index in [4.69, 9.17) is 10.8 Å². The summed E-state index contributed by atoms with van der Waals surface area (Å²) in [5.41, 5.74) is 6.64. The van der Waals surface area contributed by atoms with Crippen molar-refractivity contribution in [3.05, 3.63) is 17.8 Å². The van der Waals surface area contributed by atoms with E-state index in [0.29, 0.717) is 11.5 Å². The van der Waals surface area contributed by atoms with Crippen molar-refractivity contribution in [3.63, 3.8) is 0 Å². The van der Waals surface area contributed by atoms with Crippen molar-refractivity contribution in [2.24, 2.45) is 0 Å². The first-order chi connectivity index (χ1) is 7.00. The van der Waals surface area contributed by atoms with Gasteiger partial charge in [-0.05, 0) is 19.1 Å². The summed E-state index contributed by atoms with van der Waals surface area (Å²) < 4.78 is 23.9. The van der Waals surface area contributed by atoms with Crippen LogP contribution in [0.5, 0.6) is 0 Å². The number of hydrogen-bond acceptors (Lipinski definition) is 4. The summed E-state index contributed by atoms with van der Waals surface area (Å²) in [7, 11) is 0. The van der Waals surface area contributed by atoms with Crippen LogP contribution in [0.4, 0.5) is 20.3 Å². The Morgan fingerprint density at radius 1 is 1.53 bits per heavy atom. The molecule has 1 aromatic rings. The summed E-state index contributed by atoms with van der Waals surface area (Å²) >= 11 is 0. The quantitative estimate of drug-likeness (QED) is 0.704. The zero-order valence-corrected chi connectivity index (χ0v) is 8.24. The third kappa shape index (κ3) is 3.32. The maximum atomic E-state index is 12.0. The average Bonchev–Trinajstić information content (AvgIpc) is 2.18. The molecule has 0 aliphatic heterocycles. The number of nitrogens with one attached hydrogen (secondary N) is 1. The minimum atomic E-state index is -2.77. The number of hydrogen-bond donors (Lipinski definition) is 3. The molecule has 0 aromatic carbocycles. The van der Waals surface area contributed by atoms with Gasteiger partial charge in [-0.1, -0.05) is 0 Å². The molecule has 0 bridgehead atoms. The molecule has 4 nitrogen and oxygen atoms in total. The zero-order valence-electron chi connectivity index (χ0n) is 8.24. The smallest absolute Gasteiger partial charge is 0.265 e. The van der Waals surface area contributed by atoms with E-state index in [1.54, 1.807) is 19.1 Å². The number of aliphatic hydroxyl groups excluding tert-OH is 1. The maximum absolute atomic E-state index is 12.0. The molecule has 0 spiro atoms. The van der Waals surface area contributed by atoms with Crippen LogP contribution < -0.4 is 11.1 Å². The number of nitrogens with zero attached hydrogens (tertiary/aromatic N) is 1. The SMILES string of the molecule is Cc1ccc(N)c(NCC(O)C(F)F)n1. The lowest BCUT2D eigenvalue weighted by Crippen LogP contribution is -2.27. The van der Waals surface area contributed by atoms with E-state index in [1.165, 1.54) is 0 Å². The Morgan fingerprint density at radius 3 is 2.80 bits per heavy atom. The summed E-state index contributed by atoms with van der Waals surface area (Å²) in [6, 6.07) is 3.34. The minimum absolute atomic E-state index is 0.279. The molecule has 0 saturated heterocycles. The third-order valence-electron chi connectivity index (χ3n) is 1.84. The Bertz CT molecular complexity index is 333. The fraction of sp³-hybridized carbons (Fsp3) is 0.444. The normalized spacial score (nSPS) is 12.9. The van der Waals surface area contributed by atoms with Crippen LogP contribution >= 0.6 is 0 Å². The monoisotopic (exact) mass is 217 g/mol. The first-order valence-electron chi connectivity index (χ1n) is 4.44. The Kier molecular flexibility index (Phi) is 3.79. The number of nitrogens with two attached hydrogens (primary N) is 1. The predicted molar refractivity (Wildman–Crippen MR) is 53.9 cm³/mol. The van der Waals surface area contributed by atoms with E-state index in [1.807, 2.05) is 0 Å². The molecule has 6 heteroatoms. The average molecular weight is 217 g/mol. The number of aliphatic hydroxyl groups is 1. The first-order valence-corrected chi connectivity index (χ1v) is 4.44. The van der Waals surface area contributed by atoms with E-state index < -0.39 is 12.5 Å². The Labute approximate surface area is 86.1 Å². The lowest BCUT2D eigenvalue weighted by Gasteiger charge is -2.12. The summed E-state index contributed by atoms with van der Waals surface area (Å²) in [6.07, 6.45) is -4.49. The highest BCUT2D eigenvalue weighted by molar-refractivity contribution is 5.61. The molecule has 4 N–H and O–H groups in total. The van der Waals surface area contributed by atoms with E-state index in [-0.39, 0.29) is 6.54 Å². The van der Waals surface area contributed by atoms with Crippen molar-refractivity contribution in [3.8, 4) is 0 Å². The second-order valence-electron chi connectivity index (χ2n) is 3.17. The summed E-state index contributed by atoms with van der Waals surface area (Å²) in [5.74, 6) is 0.315. The van der Waals surface area contributed by atoms with Gasteiger partial charge in [0, 0.05) is 12.2 Å². The molecule has 0 fully saturated rings. The van der Waals surface area contributed by atoms with Crippen molar-refractivity contribution >= 4 is 11.5 Å². The van der Waals surface area contributed by atoms with Crippen LogP contribution in [0.15, 0.2) is 12.1 Å². The molecule has 1 aromatic heterocycles. The van der Waals surface area contributed by atoms with E-state index >= 15 is 0 Å². The van der Waals surface area contributed by atoms with Gasteiger partial charge in [0.25, 0.3) is 6.43 Å². The Balaban J connectivity index is 2.61. The van der Waals surface area contributed by atoms with Gasteiger partial charge in [-0.3, -0.25) is 0 Å². The molecule has 1 heterocycles. The molecule has 15 heavy (non-hydrogen) atoms. The van der Waals surface area contributed by atoms with Gasteiger partial charge in [-0.15, -0.1) is 0 Å². The molecule has 0 radical (unpaired) electrons. The van der Waals surface area contributed by atoms with Crippen LogP contribution in [-0.2, 0) is 0 Å². The third-order valence-corrected chi connectivity index (χ3v) is 1.84. The van der Waals surface area contributed by atoms with E-state index in [2.05, 4.69) is 10.3 Å². The van der Waals surface area contributed by atoms with Crippen LogP contribution in [0.25, 0.3) is 0 Å². The van der Waals surface area contributed by atoms with Crippen molar-refractivity contribution in [1.82, 2.24) is 4.98 Å². The molecule has 84 valence electrons. The van der Waals surface area contributed by atoms with Gasteiger partial charge < -0.3 is 16.2 Å². The number of pyridine rings is 1. The number of nitrogen functional groups attached to an aromatic ring is 1. The Morgan fingerprint density at radius 2 is 2.20 bits per heavy atom. The van der Waals surface area contributed by atoms with Crippen molar-refractivity contribution in [2.45, 2.75) is 19.5 Å². The molecule has 1 atom stereocenters. The zero-order chi connectivity index (χ0) is 11.4. The van der Waals surface area contributed by atoms with E-state index in [0.717, 1.165) is 5.69 Å². The molecular formula is C9H13F2N3O. The number of halogens is 2. The number of rotatable bonds is 4. The topological polar surface area (TPSA) is 71.2 Å². The summed E-state index contributed by atoms with van der Waals surface area (Å²) in [6.45, 7) is 1.48. The largest absolute Gasteiger partial charge is 0.396 e. The van der Waals surface area contributed by atoms with Gasteiger partial charge in [0.15, 0.2) is 0 Å². The predicted octanol–water partition coefficient (Wildman–Crippen LogP) is 1.01. The molecule has 0 amide bonds. The van der Waals surface area contributed by atoms with Crippen LogP contribution in [0.1, 0.15) is 5.69 Å². The highest BCUT2D eigenvalue weighted by atomic mass is 19.3. The highest BCUT2D eigenvalue weighted by Gasteiger charge is 2.16. The first kappa shape index (κ1) is 11.6. The standard InChI is InChI=1S/C9H13F2N3O/c1-5-2-3-6(12)9(14-5)13-4-7(15)8(10)11/h2-3,7-8,15H,4,12H2,1H3,(H,13,14).